The molecule has 8 heteroatoms. The van der Waals surface area contributed by atoms with Crippen molar-refractivity contribution in [2.24, 2.45) is 0 Å². The average Bonchev–Trinajstić information content (AvgIpc) is 3.15. The summed E-state index contributed by atoms with van der Waals surface area (Å²) in [6.07, 6.45) is 46.9. The number of hydrogen-bond acceptors (Lipinski definition) is 7. The molecule has 0 aromatic heterocycles. The van der Waals surface area contributed by atoms with E-state index in [2.05, 4.69) is 68.5 Å². The second kappa shape index (κ2) is 38.9. The number of carboxylic acids is 1. The molecule has 0 heterocycles. The molecule has 2 atom stereocenters. The zero-order chi connectivity index (χ0) is 41.4. The van der Waals surface area contributed by atoms with Gasteiger partial charge in [-0.1, -0.05) is 152 Å². The second-order valence-corrected chi connectivity index (χ2v) is 15.9. The summed E-state index contributed by atoms with van der Waals surface area (Å²) < 4.78 is 17.1. The normalized spacial score (nSPS) is 13.5. The van der Waals surface area contributed by atoms with Crippen molar-refractivity contribution in [1.82, 2.24) is 0 Å². The van der Waals surface area contributed by atoms with E-state index in [4.69, 9.17) is 14.2 Å². The van der Waals surface area contributed by atoms with Crippen molar-refractivity contribution in [3.8, 4) is 0 Å². The van der Waals surface area contributed by atoms with E-state index in [-0.39, 0.29) is 49.1 Å². The fourth-order valence-corrected chi connectivity index (χ4v) is 6.20. The van der Waals surface area contributed by atoms with Gasteiger partial charge in [0.2, 0.25) is 0 Å². The van der Waals surface area contributed by atoms with Crippen molar-refractivity contribution in [1.29, 1.82) is 0 Å². The van der Waals surface area contributed by atoms with Crippen LogP contribution in [0.5, 0.6) is 0 Å². The minimum atomic E-state index is -1.13. The van der Waals surface area contributed by atoms with Crippen LogP contribution in [0.2, 0.25) is 0 Å². The van der Waals surface area contributed by atoms with Gasteiger partial charge in [-0.25, -0.2) is 0 Å². The summed E-state index contributed by atoms with van der Waals surface area (Å²) in [6, 6.07) is -0.735. The number of quaternary nitrogens is 1. The first-order valence-electron chi connectivity index (χ1n) is 22.3. The number of carboxylic acid groups (broad SMARTS) is 1. The second-order valence-electron chi connectivity index (χ2n) is 15.9. The van der Waals surface area contributed by atoms with Crippen molar-refractivity contribution in [3.63, 3.8) is 0 Å². The molecule has 0 aliphatic heterocycles. The highest BCUT2D eigenvalue weighted by Gasteiger charge is 2.25. The fourth-order valence-electron chi connectivity index (χ4n) is 6.20. The molecule has 0 saturated heterocycles. The summed E-state index contributed by atoms with van der Waals surface area (Å²) in [5, 5.41) is 11.6. The third-order valence-electron chi connectivity index (χ3n) is 9.65. The van der Waals surface area contributed by atoms with Crippen molar-refractivity contribution >= 4 is 17.9 Å². The van der Waals surface area contributed by atoms with Gasteiger partial charge in [-0.05, 0) is 64.2 Å². The number of rotatable bonds is 39. The lowest BCUT2D eigenvalue weighted by molar-refractivity contribution is -0.889. The fraction of sp³-hybridized carbons (Fsp3) is 0.729. The lowest BCUT2D eigenvalue weighted by atomic mass is 10.1. The Morgan fingerprint density at radius 1 is 0.554 bits per heavy atom. The van der Waals surface area contributed by atoms with Gasteiger partial charge in [0.05, 0.1) is 40.3 Å². The Kier molecular flexibility index (Phi) is 36.8. The molecule has 0 radical (unpaired) electrons. The number of esters is 2. The molecule has 56 heavy (non-hydrogen) atoms. The van der Waals surface area contributed by atoms with Gasteiger partial charge in [0.15, 0.2) is 6.10 Å². The lowest BCUT2D eigenvalue weighted by Gasteiger charge is -2.34. The molecule has 0 N–H and O–H groups in total. The van der Waals surface area contributed by atoms with E-state index < -0.39 is 18.1 Å². The Bertz CT molecular complexity index is 1100. The number of hydrogen-bond donors (Lipinski definition) is 0. The SMILES string of the molecule is CC/C=C/C/C=C/C/C=C/CCCCCCCCCCCC(=O)OC(COCCC(C(=O)[O-])[N+](C)(C)C)COC(=O)CC/C=C/C/C=C/CCCCCCCC. The minimum Gasteiger partial charge on any atom is -0.544 e. The monoisotopic (exact) mass is 786 g/mol. The number of nitrogens with zero attached hydrogens (tertiary/aromatic N) is 1. The molecule has 0 aromatic rings. The van der Waals surface area contributed by atoms with E-state index >= 15 is 0 Å². The highest BCUT2D eigenvalue weighted by Crippen LogP contribution is 2.14. The van der Waals surface area contributed by atoms with Crippen LogP contribution in [0.3, 0.4) is 0 Å². The van der Waals surface area contributed by atoms with Gasteiger partial charge >= 0.3 is 11.9 Å². The third kappa shape index (κ3) is 36.7. The molecule has 0 aromatic carbocycles. The molecule has 0 spiro atoms. The van der Waals surface area contributed by atoms with Crippen molar-refractivity contribution in [3.05, 3.63) is 60.8 Å². The van der Waals surface area contributed by atoms with Crippen LogP contribution in [0.25, 0.3) is 0 Å². The maximum absolute atomic E-state index is 12.7. The number of allylic oxidation sites excluding steroid dienone is 10. The van der Waals surface area contributed by atoms with Crippen LogP contribution in [0.15, 0.2) is 60.8 Å². The van der Waals surface area contributed by atoms with Gasteiger partial charge in [0.1, 0.15) is 12.6 Å². The topological polar surface area (TPSA) is 102 Å². The predicted molar refractivity (Wildman–Crippen MR) is 231 cm³/mol. The number of carbonyl (C=O) groups excluding carboxylic acids is 3. The number of likely N-dealkylation sites (N-methyl/N-ethyl adjacent to an activating group) is 1. The molecule has 8 nitrogen and oxygen atoms in total. The Labute approximate surface area is 343 Å². The van der Waals surface area contributed by atoms with E-state index in [1.54, 1.807) is 21.1 Å². The van der Waals surface area contributed by atoms with Crippen LogP contribution in [0.4, 0.5) is 0 Å². The smallest absolute Gasteiger partial charge is 0.306 e. The van der Waals surface area contributed by atoms with Crippen LogP contribution in [0, 0.1) is 0 Å². The maximum atomic E-state index is 12.7. The lowest BCUT2D eigenvalue weighted by Crippen LogP contribution is -2.55. The summed E-state index contributed by atoms with van der Waals surface area (Å²) in [5.74, 6) is -1.83. The zero-order valence-corrected chi connectivity index (χ0v) is 36.5. The van der Waals surface area contributed by atoms with Crippen molar-refractivity contribution < 1.29 is 38.2 Å². The number of aliphatic carboxylic acids is 1. The summed E-state index contributed by atoms with van der Waals surface area (Å²) >= 11 is 0. The summed E-state index contributed by atoms with van der Waals surface area (Å²) in [7, 11) is 5.39. The van der Waals surface area contributed by atoms with Gasteiger partial charge in [-0.2, -0.15) is 0 Å². The Morgan fingerprint density at radius 3 is 1.55 bits per heavy atom. The van der Waals surface area contributed by atoms with Crippen LogP contribution in [-0.4, -0.2) is 75.5 Å². The van der Waals surface area contributed by atoms with E-state index in [0.717, 1.165) is 57.8 Å². The van der Waals surface area contributed by atoms with Gasteiger partial charge in [0, 0.05) is 19.3 Å². The minimum absolute atomic E-state index is 0.0196. The Morgan fingerprint density at radius 2 is 1.04 bits per heavy atom. The van der Waals surface area contributed by atoms with Crippen molar-refractivity contribution in [2.75, 3.05) is 41.0 Å². The Balaban J connectivity index is 4.39. The summed E-state index contributed by atoms with van der Waals surface area (Å²) in [4.78, 5) is 36.8. The standard InChI is InChI=1S/C48H83NO7/c1-6-8-10-12-14-16-18-20-21-22-23-24-25-27-29-31-33-35-37-39-47(51)56-44(42-54-41-40-45(48(52)53)49(3,4)5)43-55-46(50)38-36-34-32-30-28-26-19-17-15-13-11-9-7-2/h8,10,14,16,20-21,26,28,32,34,44-45H,6-7,9,11-13,15,17-19,22-25,27,29-31,33,35-43H2,1-5H3/b10-8+,16-14+,21-20+,28-26+,34-32+. The molecular weight excluding hydrogens is 703 g/mol. The van der Waals surface area contributed by atoms with Crippen LogP contribution >= 0.6 is 0 Å². The van der Waals surface area contributed by atoms with Crippen LogP contribution in [0.1, 0.15) is 174 Å². The molecule has 0 bridgehead atoms. The van der Waals surface area contributed by atoms with E-state index in [0.29, 0.717) is 12.8 Å². The number of unbranched alkanes of at least 4 members (excludes halogenated alkanes) is 15. The van der Waals surface area contributed by atoms with Gasteiger partial charge in [-0.3, -0.25) is 9.59 Å². The summed E-state index contributed by atoms with van der Waals surface area (Å²) in [5.41, 5.74) is 0. The van der Waals surface area contributed by atoms with Crippen LogP contribution in [-0.2, 0) is 28.6 Å². The largest absolute Gasteiger partial charge is 0.544 e. The first kappa shape index (κ1) is 53.0. The summed E-state index contributed by atoms with van der Waals surface area (Å²) in [6.45, 7) is 4.47. The molecule has 0 amide bonds. The highest BCUT2D eigenvalue weighted by molar-refractivity contribution is 5.70. The highest BCUT2D eigenvalue weighted by atomic mass is 16.6. The average molecular weight is 786 g/mol. The van der Waals surface area contributed by atoms with E-state index in [9.17, 15) is 19.5 Å². The van der Waals surface area contributed by atoms with Crippen molar-refractivity contribution in [2.45, 2.75) is 187 Å². The molecule has 0 fully saturated rings. The van der Waals surface area contributed by atoms with E-state index in [1.165, 1.54) is 77.0 Å². The quantitative estimate of drug-likeness (QED) is 0.0265. The van der Waals surface area contributed by atoms with Gasteiger partial charge in [0.25, 0.3) is 0 Å². The first-order chi connectivity index (χ1) is 27.1. The zero-order valence-electron chi connectivity index (χ0n) is 36.5. The molecular formula is C48H83NO7. The maximum Gasteiger partial charge on any atom is 0.306 e. The molecule has 2 unspecified atom stereocenters. The van der Waals surface area contributed by atoms with E-state index in [1.807, 2.05) is 6.08 Å². The molecule has 322 valence electrons. The third-order valence-corrected chi connectivity index (χ3v) is 9.65. The number of carbonyl (C=O) groups is 3. The predicted octanol–water partition coefficient (Wildman–Crippen LogP) is 10.9. The van der Waals surface area contributed by atoms with Crippen LogP contribution < -0.4 is 5.11 Å². The first-order valence-corrected chi connectivity index (χ1v) is 22.3. The molecule has 0 aliphatic rings. The Hall–Kier alpha value is -2.97. The van der Waals surface area contributed by atoms with Gasteiger partial charge in [-0.15, -0.1) is 0 Å². The number of ether oxygens (including phenoxy) is 3. The van der Waals surface area contributed by atoms with Gasteiger partial charge < -0.3 is 28.6 Å². The molecule has 0 aliphatic carbocycles. The molecule has 0 saturated carbocycles. The molecule has 0 rings (SSSR count).